The minimum atomic E-state index is -0.696. The summed E-state index contributed by atoms with van der Waals surface area (Å²) in [4.78, 5) is 49.6. The molecule has 45 heavy (non-hydrogen) atoms. The molecule has 4 saturated carbocycles. The second-order valence-electron chi connectivity index (χ2n) is 12.8. The maximum atomic E-state index is 12.6. The Morgan fingerprint density at radius 3 is 2.09 bits per heavy atom. The molecule has 4 fully saturated rings. The summed E-state index contributed by atoms with van der Waals surface area (Å²) in [7, 11) is 0. The molecule has 4 amide bonds. The van der Waals surface area contributed by atoms with Crippen molar-refractivity contribution in [1.29, 1.82) is 5.41 Å². The van der Waals surface area contributed by atoms with Gasteiger partial charge in [-0.15, -0.1) is 11.3 Å². The monoisotopic (exact) mass is 636 g/mol. The summed E-state index contributed by atoms with van der Waals surface area (Å²) in [5.41, 5.74) is 1.16. The molecule has 2 heterocycles. The van der Waals surface area contributed by atoms with Gasteiger partial charge in [-0.3, -0.25) is 29.9 Å². The van der Waals surface area contributed by atoms with E-state index in [2.05, 4.69) is 16.0 Å². The summed E-state index contributed by atoms with van der Waals surface area (Å²) in [6.45, 7) is 2.31. The molecule has 0 radical (unpaired) electrons. The first-order valence-electron chi connectivity index (χ1n) is 15.8. The number of thiophene rings is 1. The third-order valence-electron chi connectivity index (χ3n) is 9.38. The molecule has 1 aromatic heterocycles. The Hall–Kier alpha value is -3.61. The van der Waals surface area contributed by atoms with E-state index >= 15 is 0 Å². The number of carbonyl (C=O) groups excluding carboxylic acids is 4. The van der Waals surface area contributed by atoms with Gasteiger partial charge < -0.3 is 24.8 Å². The van der Waals surface area contributed by atoms with E-state index in [0.29, 0.717) is 62.1 Å². The lowest BCUT2D eigenvalue weighted by molar-refractivity contribution is -0.129. The third kappa shape index (κ3) is 7.62. The molecular weight excluding hydrogens is 596 g/mol. The van der Waals surface area contributed by atoms with Crippen LogP contribution in [0.4, 0.5) is 0 Å². The van der Waals surface area contributed by atoms with Gasteiger partial charge in [-0.25, -0.2) is 0 Å². The third-order valence-corrected chi connectivity index (χ3v) is 10.6. The van der Waals surface area contributed by atoms with Crippen LogP contribution in [-0.2, 0) is 23.9 Å². The maximum Gasteiger partial charge on any atom is 0.277 e. The molecule has 4 bridgehead atoms. The molecule has 4 N–H and O–H groups in total. The first kappa shape index (κ1) is 31.4. The Balaban J connectivity index is 0.787. The predicted molar refractivity (Wildman–Crippen MR) is 167 cm³/mol. The summed E-state index contributed by atoms with van der Waals surface area (Å²) in [6, 6.07) is 8.69. The molecular formula is C33H40N4O7S. The van der Waals surface area contributed by atoms with Crippen molar-refractivity contribution in [3.8, 4) is 16.2 Å². The molecule has 0 saturated heterocycles. The number of hydrogen-bond acceptors (Lipinski definition) is 9. The van der Waals surface area contributed by atoms with E-state index in [1.807, 2.05) is 0 Å². The maximum absolute atomic E-state index is 12.6. The summed E-state index contributed by atoms with van der Waals surface area (Å²) >= 11 is 1.21. The quantitative estimate of drug-likeness (QED) is 0.173. The standard InChI is InChI=1S/C33H40N4O7S/c34-29-30-25(31(40)37-32(29)41)14-26(45-30)23-1-3-24(4-2-23)44-19-28(39)36-6-8-43-10-9-42-7-5-35-27(38)18-33-15-20-11-21(16-33)13-22(12-20)17-33/h1-4,14,20-22,34H,5-13,15-19H2,(H,35,38)(H,36,39)(H,37,40,41). The highest BCUT2D eigenvalue weighted by Crippen LogP contribution is 2.61. The first-order chi connectivity index (χ1) is 21.8. The Bertz CT molecular complexity index is 1420. The van der Waals surface area contributed by atoms with Crippen LogP contribution in [0.2, 0.25) is 0 Å². The number of amides is 4. The highest BCUT2D eigenvalue weighted by atomic mass is 32.1. The molecule has 11 nitrogen and oxygen atoms in total. The minimum Gasteiger partial charge on any atom is -0.484 e. The SMILES string of the molecule is N=C1C(=O)NC(=O)c2cc(-c3ccc(OCC(=O)NCCOCCOCCNC(=O)CC45CC6CC(CC(C6)C4)C5)cc3)sc21. The van der Waals surface area contributed by atoms with E-state index in [-0.39, 0.29) is 29.5 Å². The fourth-order valence-corrected chi connectivity index (χ4v) is 9.00. The fraction of sp³-hybridized carbons (Fsp3) is 0.545. The zero-order valence-electron chi connectivity index (χ0n) is 25.3. The van der Waals surface area contributed by atoms with Gasteiger partial charge in [-0.2, -0.15) is 0 Å². The lowest BCUT2D eigenvalue weighted by atomic mass is 9.49. The van der Waals surface area contributed by atoms with Crippen LogP contribution in [0.15, 0.2) is 30.3 Å². The van der Waals surface area contributed by atoms with Crippen LogP contribution in [0, 0.1) is 28.6 Å². The number of nitrogens with one attached hydrogen (secondary N) is 4. The fourth-order valence-electron chi connectivity index (χ4n) is 7.90. The van der Waals surface area contributed by atoms with E-state index in [0.717, 1.165) is 28.2 Å². The van der Waals surface area contributed by atoms with Gasteiger partial charge in [0.05, 0.1) is 36.9 Å². The van der Waals surface area contributed by atoms with Crippen molar-refractivity contribution in [2.75, 3.05) is 46.1 Å². The van der Waals surface area contributed by atoms with Crippen LogP contribution in [-0.4, -0.2) is 75.5 Å². The van der Waals surface area contributed by atoms with E-state index < -0.39 is 11.8 Å². The van der Waals surface area contributed by atoms with E-state index in [9.17, 15) is 19.2 Å². The number of fused-ring (bicyclic) bond motifs is 1. The van der Waals surface area contributed by atoms with Crippen LogP contribution in [0.1, 0.15) is 60.2 Å². The Kier molecular flexibility index (Phi) is 9.62. The van der Waals surface area contributed by atoms with Gasteiger partial charge in [0.2, 0.25) is 5.91 Å². The van der Waals surface area contributed by atoms with Crippen LogP contribution in [0.25, 0.3) is 10.4 Å². The molecule has 240 valence electrons. The van der Waals surface area contributed by atoms with Crippen molar-refractivity contribution in [2.45, 2.75) is 44.9 Å². The first-order valence-corrected chi connectivity index (χ1v) is 16.6. The van der Waals surface area contributed by atoms with Gasteiger partial charge in [0.15, 0.2) is 6.61 Å². The molecule has 1 aliphatic heterocycles. The van der Waals surface area contributed by atoms with Crippen molar-refractivity contribution in [2.24, 2.45) is 23.2 Å². The molecule has 0 spiro atoms. The average Bonchev–Trinajstić information content (AvgIpc) is 3.46. The van der Waals surface area contributed by atoms with Gasteiger partial charge in [0.1, 0.15) is 11.5 Å². The molecule has 2 aromatic rings. The lowest BCUT2D eigenvalue weighted by Crippen LogP contribution is -2.48. The number of rotatable bonds is 15. The summed E-state index contributed by atoms with van der Waals surface area (Å²) in [5.74, 6) is 1.75. The number of imide groups is 1. The smallest absolute Gasteiger partial charge is 0.277 e. The van der Waals surface area contributed by atoms with Gasteiger partial charge in [-0.1, -0.05) is 0 Å². The van der Waals surface area contributed by atoms with Crippen LogP contribution in [0.3, 0.4) is 0 Å². The lowest BCUT2D eigenvalue weighted by Gasteiger charge is -2.56. The van der Waals surface area contributed by atoms with Crippen molar-refractivity contribution in [3.63, 3.8) is 0 Å². The molecule has 4 aliphatic carbocycles. The normalized spacial score (nSPS) is 24.7. The topological polar surface area (TPSA) is 156 Å². The largest absolute Gasteiger partial charge is 0.484 e. The van der Waals surface area contributed by atoms with Crippen molar-refractivity contribution < 1.29 is 33.4 Å². The Morgan fingerprint density at radius 2 is 1.47 bits per heavy atom. The second-order valence-corrected chi connectivity index (χ2v) is 13.9. The van der Waals surface area contributed by atoms with Gasteiger partial charge in [0.25, 0.3) is 17.7 Å². The van der Waals surface area contributed by atoms with Gasteiger partial charge in [-0.05, 0) is 97.6 Å². The average molecular weight is 637 g/mol. The van der Waals surface area contributed by atoms with Crippen LogP contribution >= 0.6 is 11.3 Å². The van der Waals surface area contributed by atoms with Crippen molar-refractivity contribution >= 4 is 40.7 Å². The predicted octanol–water partition coefficient (Wildman–Crippen LogP) is 3.30. The molecule has 12 heteroatoms. The second kappa shape index (κ2) is 13.8. The highest BCUT2D eigenvalue weighted by molar-refractivity contribution is 7.18. The van der Waals surface area contributed by atoms with Crippen LogP contribution in [0.5, 0.6) is 5.75 Å². The molecule has 0 unspecified atom stereocenters. The zero-order valence-corrected chi connectivity index (χ0v) is 26.1. The van der Waals surface area contributed by atoms with Crippen molar-refractivity contribution in [3.05, 3.63) is 40.8 Å². The van der Waals surface area contributed by atoms with E-state index in [1.165, 1.54) is 49.9 Å². The number of benzene rings is 1. The van der Waals surface area contributed by atoms with Crippen LogP contribution < -0.4 is 20.7 Å². The highest BCUT2D eigenvalue weighted by Gasteiger charge is 2.51. The van der Waals surface area contributed by atoms with Gasteiger partial charge in [0, 0.05) is 24.4 Å². The summed E-state index contributed by atoms with van der Waals surface area (Å²) < 4.78 is 16.7. The zero-order chi connectivity index (χ0) is 31.4. The minimum absolute atomic E-state index is 0.149. The molecule has 5 aliphatic rings. The number of ether oxygens (including phenoxy) is 3. The van der Waals surface area contributed by atoms with E-state index in [4.69, 9.17) is 19.6 Å². The van der Waals surface area contributed by atoms with Crippen molar-refractivity contribution in [1.82, 2.24) is 16.0 Å². The molecule has 7 rings (SSSR count). The Morgan fingerprint density at radius 1 is 0.867 bits per heavy atom. The van der Waals surface area contributed by atoms with Gasteiger partial charge >= 0.3 is 0 Å². The summed E-state index contributed by atoms with van der Waals surface area (Å²) in [5, 5.41) is 15.9. The molecule has 0 atom stereocenters. The van der Waals surface area contributed by atoms with E-state index in [1.54, 1.807) is 30.3 Å². The number of carbonyl (C=O) groups is 4. The molecule has 1 aromatic carbocycles. The number of hydrogen-bond donors (Lipinski definition) is 4. The summed E-state index contributed by atoms with van der Waals surface area (Å²) in [6.07, 6.45) is 8.55. The Labute approximate surface area is 266 Å².